The van der Waals surface area contributed by atoms with E-state index in [0.29, 0.717) is 5.41 Å². The average Bonchev–Trinajstić information content (AvgIpc) is 2.31. The highest BCUT2D eigenvalue weighted by Crippen LogP contribution is 2.35. The first-order valence-corrected chi connectivity index (χ1v) is 4.97. The molecule has 1 aromatic heterocycles. The number of hydrogen-bond donors (Lipinski definition) is 0. The Hall–Kier alpha value is -0.370. The van der Waals surface area contributed by atoms with Crippen molar-refractivity contribution < 1.29 is 0 Å². The summed E-state index contributed by atoms with van der Waals surface area (Å²) in [4.78, 5) is 5.89. The van der Waals surface area contributed by atoms with Crippen LogP contribution in [-0.4, -0.2) is 4.98 Å². The van der Waals surface area contributed by atoms with Crippen molar-refractivity contribution in [1.82, 2.24) is 4.98 Å². The van der Waals surface area contributed by atoms with Gasteiger partial charge in [0.05, 0.1) is 11.2 Å². The van der Waals surface area contributed by atoms with Gasteiger partial charge in [-0.1, -0.05) is 13.8 Å². The normalized spacial score (nSPS) is 21.3. The van der Waals surface area contributed by atoms with E-state index < -0.39 is 0 Å². The molecule has 0 amide bonds. The predicted molar refractivity (Wildman–Crippen MR) is 47.9 cm³/mol. The molecule has 60 valence electrons. The molecule has 0 fully saturated rings. The van der Waals surface area contributed by atoms with E-state index in [1.807, 2.05) is 16.8 Å². The molecule has 0 bridgehead atoms. The average molecular weight is 167 g/mol. The minimum Gasteiger partial charge on any atom is -0.249 e. The van der Waals surface area contributed by atoms with Crippen molar-refractivity contribution >= 4 is 11.3 Å². The lowest BCUT2D eigenvalue weighted by Crippen LogP contribution is -2.21. The fraction of sp³-hybridized carbons (Fsp3) is 0.667. The molecule has 1 aromatic rings. The Bertz CT molecular complexity index is 262. The van der Waals surface area contributed by atoms with Crippen molar-refractivity contribution in [2.45, 2.75) is 33.1 Å². The molecule has 0 aromatic carbocycles. The van der Waals surface area contributed by atoms with Gasteiger partial charge < -0.3 is 0 Å². The van der Waals surface area contributed by atoms with E-state index in [1.54, 1.807) is 0 Å². The second-order valence-corrected chi connectivity index (χ2v) is 5.00. The maximum atomic E-state index is 4.37. The van der Waals surface area contributed by atoms with Gasteiger partial charge >= 0.3 is 0 Å². The Balaban J connectivity index is 2.32. The Labute approximate surface area is 71.5 Å². The molecule has 0 atom stereocenters. The third-order valence-corrected chi connectivity index (χ3v) is 3.34. The topological polar surface area (TPSA) is 12.9 Å². The van der Waals surface area contributed by atoms with Crippen molar-refractivity contribution in [1.29, 1.82) is 0 Å². The quantitative estimate of drug-likeness (QED) is 0.579. The first-order chi connectivity index (χ1) is 5.17. The molecule has 0 unspecified atom stereocenters. The van der Waals surface area contributed by atoms with Gasteiger partial charge in [0.2, 0.25) is 0 Å². The van der Waals surface area contributed by atoms with E-state index in [2.05, 4.69) is 18.8 Å². The van der Waals surface area contributed by atoms with E-state index >= 15 is 0 Å². The molecule has 0 aliphatic heterocycles. The molecule has 2 heteroatoms. The van der Waals surface area contributed by atoms with Crippen LogP contribution >= 0.6 is 11.3 Å². The van der Waals surface area contributed by atoms with Gasteiger partial charge in [-0.25, -0.2) is 4.98 Å². The minimum absolute atomic E-state index is 0.487. The highest BCUT2D eigenvalue weighted by atomic mass is 32.1. The highest BCUT2D eigenvalue weighted by Gasteiger charge is 2.26. The Morgan fingerprint density at radius 3 is 3.18 bits per heavy atom. The van der Waals surface area contributed by atoms with Crippen molar-refractivity contribution in [2.75, 3.05) is 0 Å². The summed E-state index contributed by atoms with van der Waals surface area (Å²) in [5.74, 6) is 0. The van der Waals surface area contributed by atoms with Crippen LogP contribution in [0, 0.1) is 5.41 Å². The molecule has 0 radical (unpaired) electrons. The molecule has 0 spiro atoms. The summed E-state index contributed by atoms with van der Waals surface area (Å²) in [6.45, 7) is 4.66. The van der Waals surface area contributed by atoms with E-state index in [-0.39, 0.29) is 0 Å². The summed E-state index contributed by atoms with van der Waals surface area (Å²) in [6, 6.07) is 0. The van der Waals surface area contributed by atoms with Gasteiger partial charge in [0.25, 0.3) is 0 Å². The van der Waals surface area contributed by atoms with E-state index in [4.69, 9.17) is 0 Å². The number of hydrogen-bond acceptors (Lipinski definition) is 2. The molecule has 2 rings (SSSR count). The molecule has 1 heterocycles. The second kappa shape index (κ2) is 2.31. The van der Waals surface area contributed by atoms with Crippen molar-refractivity contribution in [2.24, 2.45) is 5.41 Å². The van der Waals surface area contributed by atoms with Crippen LogP contribution < -0.4 is 0 Å². The third-order valence-electron chi connectivity index (χ3n) is 2.40. The summed E-state index contributed by atoms with van der Waals surface area (Å²) in [5.41, 5.74) is 3.82. The molecule has 1 nitrogen and oxygen atoms in total. The standard InChI is InChI=1S/C9H13NS/c1-9(2)4-3-8-7(5-9)10-6-11-8/h6H,3-5H2,1-2H3. The van der Waals surface area contributed by atoms with Crippen LogP contribution in [0.2, 0.25) is 0 Å². The van der Waals surface area contributed by atoms with Crippen LogP contribution in [0.4, 0.5) is 0 Å². The summed E-state index contributed by atoms with van der Waals surface area (Å²) in [6.07, 6.45) is 3.74. The zero-order valence-corrected chi connectivity index (χ0v) is 7.87. The fourth-order valence-corrected chi connectivity index (χ4v) is 2.42. The smallest absolute Gasteiger partial charge is 0.0797 e. The number of aryl methyl sites for hydroxylation is 1. The monoisotopic (exact) mass is 167 g/mol. The fourth-order valence-electron chi connectivity index (χ4n) is 1.63. The zero-order chi connectivity index (χ0) is 7.90. The van der Waals surface area contributed by atoms with Gasteiger partial charge in [-0.2, -0.15) is 0 Å². The summed E-state index contributed by atoms with van der Waals surface area (Å²) >= 11 is 1.81. The lowest BCUT2D eigenvalue weighted by molar-refractivity contribution is 0.314. The maximum absolute atomic E-state index is 4.37. The molecular formula is C9H13NS. The third kappa shape index (κ3) is 1.32. The lowest BCUT2D eigenvalue weighted by atomic mass is 9.79. The van der Waals surface area contributed by atoms with Gasteiger partial charge in [0.15, 0.2) is 0 Å². The molecular weight excluding hydrogens is 154 g/mol. The van der Waals surface area contributed by atoms with Crippen LogP contribution in [0.15, 0.2) is 5.51 Å². The molecule has 1 aliphatic carbocycles. The van der Waals surface area contributed by atoms with Gasteiger partial charge in [0.1, 0.15) is 0 Å². The molecule has 0 saturated carbocycles. The number of aromatic nitrogens is 1. The van der Waals surface area contributed by atoms with Crippen molar-refractivity contribution in [3.8, 4) is 0 Å². The second-order valence-electron chi connectivity index (χ2n) is 4.06. The Kier molecular flexibility index (Phi) is 1.53. The predicted octanol–water partition coefficient (Wildman–Crippen LogP) is 2.66. The lowest BCUT2D eigenvalue weighted by Gasteiger charge is -2.28. The highest BCUT2D eigenvalue weighted by molar-refractivity contribution is 7.09. The minimum atomic E-state index is 0.487. The van der Waals surface area contributed by atoms with Crippen molar-refractivity contribution in [3.05, 3.63) is 16.1 Å². The van der Waals surface area contributed by atoms with Crippen LogP contribution in [0.3, 0.4) is 0 Å². The van der Waals surface area contributed by atoms with E-state index in [9.17, 15) is 0 Å². The largest absolute Gasteiger partial charge is 0.249 e. The van der Waals surface area contributed by atoms with E-state index in [1.165, 1.54) is 29.8 Å². The Morgan fingerprint density at radius 2 is 2.36 bits per heavy atom. The van der Waals surface area contributed by atoms with Crippen LogP contribution in [0.1, 0.15) is 30.8 Å². The van der Waals surface area contributed by atoms with Crippen molar-refractivity contribution in [3.63, 3.8) is 0 Å². The zero-order valence-electron chi connectivity index (χ0n) is 7.05. The van der Waals surface area contributed by atoms with E-state index in [0.717, 1.165) is 0 Å². The Morgan fingerprint density at radius 1 is 1.55 bits per heavy atom. The van der Waals surface area contributed by atoms with Crippen LogP contribution in [0.5, 0.6) is 0 Å². The summed E-state index contributed by atoms with van der Waals surface area (Å²) in [5, 5.41) is 0. The number of thiazole rings is 1. The van der Waals surface area contributed by atoms with Gasteiger partial charge in [-0.15, -0.1) is 11.3 Å². The first-order valence-electron chi connectivity index (χ1n) is 4.09. The maximum Gasteiger partial charge on any atom is 0.0797 e. The number of fused-ring (bicyclic) bond motifs is 1. The van der Waals surface area contributed by atoms with Crippen LogP contribution in [0.25, 0.3) is 0 Å². The molecule has 1 aliphatic rings. The molecule has 11 heavy (non-hydrogen) atoms. The molecule has 0 N–H and O–H groups in total. The van der Waals surface area contributed by atoms with Gasteiger partial charge in [-0.05, 0) is 24.7 Å². The van der Waals surface area contributed by atoms with Gasteiger partial charge in [0, 0.05) is 4.88 Å². The number of rotatable bonds is 0. The SMILES string of the molecule is CC1(C)CCc2scnc2C1. The number of nitrogens with zero attached hydrogens (tertiary/aromatic N) is 1. The summed E-state index contributed by atoms with van der Waals surface area (Å²) in [7, 11) is 0. The van der Waals surface area contributed by atoms with Gasteiger partial charge in [-0.3, -0.25) is 0 Å². The van der Waals surface area contributed by atoms with Crippen LogP contribution in [-0.2, 0) is 12.8 Å². The molecule has 0 saturated heterocycles. The first kappa shape index (κ1) is 7.29. The summed E-state index contributed by atoms with van der Waals surface area (Å²) < 4.78 is 0.